The van der Waals surface area contributed by atoms with Crippen molar-refractivity contribution >= 4 is 11.9 Å². The van der Waals surface area contributed by atoms with E-state index >= 15 is 0 Å². The summed E-state index contributed by atoms with van der Waals surface area (Å²) in [6.07, 6.45) is 0.661. The van der Waals surface area contributed by atoms with Crippen molar-refractivity contribution in [2.45, 2.75) is 38.8 Å². The Balaban J connectivity index is 1.96. The van der Waals surface area contributed by atoms with E-state index in [0.29, 0.717) is 11.5 Å². The van der Waals surface area contributed by atoms with Crippen molar-refractivity contribution in [3.63, 3.8) is 0 Å². The first-order chi connectivity index (χ1) is 14.4. The van der Waals surface area contributed by atoms with Crippen molar-refractivity contribution < 1.29 is 28.5 Å². The number of benzene rings is 2. The third-order valence-corrected chi connectivity index (χ3v) is 4.68. The van der Waals surface area contributed by atoms with Gasteiger partial charge in [-0.05, 0) is 32.3 Å². The largest absolute Gasteiger partial charge is 0.496 e. The van der Waals surface area contributed by atoms with E-state index in [4.69, 9.17) is 18.9 Å². The molecule has 0 unspecified atom stereocenters. The van der Waals surface area contributed by atoms with E-state index in [2.05, 4.69) is 17.4 Å². The van der Waals surface area contributed by atoms with Crippen LogP contribution in [0.3, 0.4) is 0 Å². The SMILES string of the molecule is COc1cc(OC)c(C(=O)O[C@@H](C)C(=O)N[C@H](C)CCc2ccccc2)cc1OC. The molecular weight excluding hydrogens is 386 g/mol. The summed E-state index contributed by atoms with van der Waals surface area (Å²) in [7, 11) is 4.38. The van der Waals surface area contributed by atoms with Crippen molar-refractivity contribution in [3.8, 4) is 17.2 Å². The van der Waals surface area contributed by atoms with Gasteiger partial charge in [0.15, 0.2) is 17.6 Å². The number of aryl methyl sites for hydroxylation is 1. The summed E-state index contributed by atoms with van der Waals surface area (Å²) >= 11 is 0. The van der Waals surface area contributed by atoms with E-state index in [-0.39, 0.29) is 23.3 Å². The summed E-state index contributed by atoms with van der Waals surface area (Å²) in [5.41, 5.74) is 1.35. The quantitative estimate of drug-likeness (QED) is 0.599. The summed E-state index contributed by atoms with van der Waals surface area (Å²) < 4.78 is 21.0. The molecule has 2 aromatic rings. The van der Waals surface area contributed by atoms with Gasteiger partial charge in [-0.15, -0.1) is 0 Å². The van der Waals surface area contributed by atoms with Crippen LogP contribution in [-0.2, 0) is 16.0 Å². The molecule has 0 fully saturated rings. The van der Waals surface area contributed by atoms with Crippen LogP contribution < -0.4 is 19.5 Å². The zero-order valence-corrected chi connectivity index (χ0v) is 18.1. The zero-order valence-electron chi connectivity index (χ0n) is 18.1. The number of esters is 1. The van der Waals surface area contributed by atoms with E-state index in [1.807, 2.05) is 25.1 Å². The standard InChI is InChI=1S/C23H29NO6/c1-15(11-12-17-9-7-6-8-10-17)24-22(25)16(2)30-23(26)18-13-20(28-4)21(29-5)14-19(18)27-3/h6-10,13-16H,11-12H2,1-5H3,(H,24,25)/t15-,16+/m1/s1. The fraction of sp³-hybridized carbons (Fsp3) is 0.391. The summed E-state index contributed by atoms with van der Waals surface area (Å²) in [6.45, 7) is 3.46. The number of nitrogens with one attached hydrogen (secondary N) is 1. The van der Waals surface area contributed by atoms with E-state index in [9.17, 15) is 9.59 Å². The molecule has 7 heteroatoms. The van der Waals surface area contributed by atoms with Crippen molar-refractivity contribution in [3.05, 3.63) is 53.6 Å². The van der Waals surface area contributed by atoms with Gasteiger partial charge in [0, 0.05) is 18.2 Å². The molecule has 0 saturated carbocycles. The normalized spacial score (nSPS) is 12.4. The van der Waals surface area contributed by atoms with Gasteiger partial charge >= 0.3 is 5.97 Å². The second-order valence-electron chi connectivity index (χ2n) is 6.89. The molecule has 0 radical (unpaired) electrons. The molecule has 30 heavy (non-hydrogen) atoms. The molecule has 2 rings (SSSR count). The molecule has 0 aliphatic carbocycles. The van der Waals surface area contributed by atoms with Crippen molar-refractivity contribution in [2.24, 2.45) is 0 Å². The third-order valence-electron chi connectivity index (χ3n) is 4.68. The first-order valence-corrected chi connectivity index (χ1v) is 9.74. The second-order valence-corrected chi connectivity index (χ2v) is 6.89. The van der Waals surface area contributed by atoms with Crippen LogP contribution in [0.4, 0.5) is 0 Å². The summed E-state index contributed by atoms with van der Waals surface area (Å²) in [5, 5.41) is 2.88. The lowest BCUT2D eigenvalue weighted by Gasteiger charge is -2.19. The fourth-order valence-corrected chi connectivity index (χ4v) is 2.93. The van der Waals surface area contributed by atoms with E-state index in [1.165, 1.54) is 45.9 Å². The number of hydrogen-bond donors (Lipinski definition) is 1. The number of methoxy groups -OCH3 is 3. The summed E-state index contributed by atoms with van der Waals surface area (Å²) in [6, 6.07) is 13.0. The maximum absolute atomic E-state index is 12.6. The minimum atomic E-state index is -0.963. The van der Waals surface area contributed by atoms with Crippen molar-refractivity contribution in [2.75, 3.05) is 21.3 Å². The minimum absolute atomic E-state index is 0.0607. The first kappa shape index (κ1) is 23.1. The molecule has 0 aliphatic rings. The van der Waals surface area contributed by atoms with E-state index < -0.39 is 12.1 Å². The Morgan fingerprint density at radius 1 is 0.900 bits per heavy atom. The fourth-order valence-electron chi connectivity index (χ4n) is 2.93. The monoisotopic (exact) mass is 415 g/mol. The lowest BCUT2D eigenvalue weighted by Crippen LogP contribution is -2.41. The molecule has 7 nitrogen and oxygen atoms in total. The average molecular weight is 415 g/mol. The first-order valence-electron chi connectivity index (χ1n) is 9.74. The number of hydrogen-bond acceptors (Lipinski definition) is 6. The molecule has 162 valence electrons. The minimum Gasteiger partial charge on any atom is -0.496 e. The van der Waals surface area contributed by atoms with E-state index in [1.54, 1.807) is 0 Å². The molecule has 2 aromatic carbocycles. The third kappa shape index (κ3) is 6.14. The maximum atomic E-state index is 12.6. The maximum Gasteiger partial charge on any atom is 0.342 e. The van der Waals surface area contributed by atoms with Gasteiger partial charge < -0.3 is 24.3 Å². The van der Waals surface area contributed by atoms with Crippen LogP contribution in [0.5, 0.6) is 17.2 Å². The Kier molecular flexibility index (Phi) is 8.53. The Labute approximate surface area is 177 Å². The number of amides is 1. The molecule has 0 aliphatic heterocycles. The van der Waals surface area contributed by atoms with Crippen LogP contribution >= 0.6 is 0 Å². The van der Waals surface area contributed by atoms with Crippen molar-refractivity contribution in [1.82, 2.24) is 5.32 Å². The van der Waals surface area contributed by atoms with Crippen LogP contribution in [0.15, 0.2) is 42.5 Å². The summed E-state index contributed by atoms with van der Waals surface area (Å²) in [4.78, 5) is 25.1. The number of carbonyl (C=O) groups is 2. The number of rotatable bonds is 10. The number of carbonyl (C=O) groups excluding carboxylic acids is 2. The smallest absolute Gasteiger partial charge is 0.342 e. The molecule has 0 heterocycles. The lowest BCUT2D eigenvalue weighted by atomic mass is 10.1. The molecule has 1 amide bonds. The van der Waals surface area contributed by atoms with Gasteiger partial charge in [0.05, 0.1) is 21.3 Å². The number of ether oxygens (including phenoxy) is 4. The van der Waals surface area contributed by atoms with Gasteiger partial charge in [0.1, 0.15) is 11.3 Å². The van der Waals surface area contributed by atoms with Gasteiger partial charge in [-0.2, -0.15) is 0 Å². The van der Waals surface area contributed by atoms with Crippen molar-refractivity contribution in [1.29, 1.82) is 0 Å². The van der Waals surface area contributed by atoms with E-state index in [0.717, 1.165) is 12.8 Å². The molecular formula is C23H29NO6. The Hall–Kier alpha value is -3.22. The zero-order chi connectivity index (χ0) is 22.1. The molecule has 0 saturated heterocycles. The highest BCUT2D eigenvalue weighted by molar-refractivity contribution is 5.95. The van der Waals surface area contributed by atoms with Gasteiger partial charge in [-0.25, -0.2) is 4.79 Å². The average Bonchev–Trinajstić information content (AvgIpc) is 2.77. The molecule has 0 aromatic heterocycles. The molecule has 0 spiro atoms. The van der Waals surface area contributed by atoms with Crippen LogP contribution in [0.25, 0.3) is 0 Å². The molecule has 2 atom stereocenters. The highest BCUT2D eigenvalue weighted by Gasteiger charge is 2.24. The van der Waals surface area contributed by atoms with Gasteiger partial charge in [-0.1, -0.05) is 30.3 Å². The summed E-state index contributed by atoms with van der Waals surface area (Å²) in [5.74, 6) is -0.00180. The lowest BCUT2D eigenvalue weighted by molar-refractivity contribution is -0.129. The van der Waals surface area contributed by atoms with Gasteiger partial charge in [-0.3, -0.25) is 4.79 Å². The van der Waals surface area contributed by atoms with Crippen LogP contribution in [0.1, 0.15) is 36.2 Å². The van der Waals surface area contributed by atoms with Crippen LogP contribution in [-0.4, -0.2) is 45.4 Å². The van der Waals surface area contributed by atoms with Gasteiger partial charge in [0.2, 0.25) is 0 Å². The Morgan fingerprint density at radius 3 is 2.10 bits per heavy atom. The van der Waals surface area contributed by atoms with Gasteiger partial charge in [0.25, 0.3) is 5.91 Å². The predicted molar refractivity (Wildman–Crippen MR) is 113 cm³/mol. The second kappa shape index (κ2) is 11.1. The highest BCUT2D eigenvalue weighted by Crippen LogP contribution is 2.35. The Morgan fingerprint density at radius 2 is 1.50 bits per heavy atom. The topological polar surface area (TPSA) is 83.1 Å². The molecule has 1 N–H and O–H groups in total. The Bertz CT molecular complexity index is 852. The van der Waals surface area contributed by atoms with Crippen LogP contribution in [0.2, 0.25) is 0 Å². The highest BCUT2D eigenvalue weighted by atomic mass is 16.6. The predicted octanol–water partition coefficient (Wildman–Crippen LogP) is 3.40. The molecule has 0 bridgehead atoms. The van der Waals surface area contributed by atoms with Crippen LogP contribution in [0, 0.1) is 0 Å².